The summed E-state index contributed by atoms with van der Waals surface area (Å²) in [6.45, 7) is 4.44. The van der Waals surface area contributed by atoms with Gasteiger partial charge in [0.15, 0.2) is 11.5 Å². The van der Waals surface area contributed by atoms with Crippen molar-refractivity contribution in [1.82, 2.24) is 4.90 Å². The van der Waals surface area contributed by atoms with Crippen LogP contribution in [0, 0.1) is 6.92 Å². The number of nitrogens with zero attached hydrogens (tertiary/aromatic N) is 1. The Morgan fingerprint density at radius 1 is 1.21 bits per heavy atom. The van der Waals surface area contributed by atoms with Crippen LogP contribution in [-0.2, 0) is 4.79 Å². The van der Waals surface area contributed by atoms with E-state index in [9.17, 15) is 14.7 Å². The number of amides is 2. The van der Waals surface area contributed by atoms with Gasteiger partial charge in [-0.15, -0.1) is 0 Å². The summed E-state index contributed by atoms with van der Waals surface area (Å²) < 4.78 is 11.0. The molecule has 8 heteroatoms. The molecule has 1 fully saturated rings. The van der Waals surface area contributed by atoms with Crippen LogP contribution < -0.4 is 9.47 Å². The van der Waals surface area contributed by atoms with E-state index in [0.717, 1.165) is 22.2 Å². The molecule has 0 saturated carbocycles. The second-order valence-corrected chi connectivity index (χ2v) is 7.68. The van der Waals surface area contributed by atoms with E-state index in [2.05, 4.69) is 0 Å². The standard InChI is InChI=1S/C21H20ClNO5S/c1-3-27-17-11-14(10-16(22)19(17)24)12-18-20(25)23(21(26)29-18)7-8-28-15-6-4-5-13(2)9-15/h4-6,9-12,24H,3,7-8H2,1-2H3/b18-12-. The zero-order valence-electron chi connectivity index (χ0n) is 16.0. The molecule has 0 bridgehead atoms. The molecule has 0 radical (unpaired) electrons. The van der Waals surface area contributed by atoms with E-state index in [0.29, 0.717) is 17.9 Å². The highest BCUT2D eigenvalue weighted by Gasteiger charge is 2.34. The molecule has 152 valence electrons. The number of aryl methyl sites for hydroxylation is 1. The molecule has 0 unspecified atom stereocenters. The summed E-state index contributed by atoms with van der Waals surface area (Å²) in [5.41, 5.74) is 1.62. The highest BCUT2D eigenvalue weighted by molar-refractivity contribution is 8.18. The third-order valence-electron chi connectivity index (χ3n) is 4.10. The van der Waals surface area contributed by atoms with E-state index < -0.39 is 5.91 Å². The first-order valence-corrected chi connectivity index (χ1v) is 10.2. The molecule has 1 saturated heterocycles. The van der Waals surface area contributed by atoms with Crippen LogP contribution in [0.15, 0.2) is 41.3 Å². The number of imide groups is 1. The van der Waals surface area contributed by atoms with Gasteiger partial charge in [0.05, 0.1) is 23.1 Å². The number of phenols is 1. The maximum absolute atomic E-state index is 12.6. The minimum absolute atomic E-state index is 0.105. The largest absolute Gasteiger partial charge is 0.503 e. The maximum Gasteiger partial charge on any atom is 0.293 e. The van der Waals surface area contributed by atoms with Crippen LogP contribution in [0.4, 0.5) is 4.79 Å². The van der Waals surface area contributed by atoms with Crippen molar-refractivity contribution in [2.45, 2.75) is 13.8 Å². The Balaban J connectivity index is 1.70. The predicted molar refractivity (Wildman–Crippen MR) is 114 cm³/mol. The Labute approximate surface area is 178 Å². The lowest BCUT2D eigenvalue weighted by molar-refractivity contribution is -0.123. The van der Waals surface area contributed by atoms with Crippen LogP contribution in [0.5, 0.6) is 17.2 Å². The Hall–Kier alpha value is -2.64. The third-order valence-corrected chi connectivity index (χ3v) is 5.29. The van der Waals surface area contributed by atoms with Gasteiger partial charge in [0.1, 0.15) is 12.4 Å². The number of thioether (sulfide) groups is 1. The number of carbonyl (C=O) groups is 2. The van der Waals surface area contributed by atoms with Crippen LogP contribution >= 0.6 is 23.4 Å². The molecular formula is C21H20ClNO5S. The summed E-state index contributed by atoms with van der Waals surface area (Å²) in [6, 6.07) is 10.6. The lowest BCUT2D eigenvalue weighted by atomic mass is 10.2. The van der Waals surface area contributed by atoms with Crippen molar-refractivity contribution in [2.75, 3.05) is 19.8 Å². The molecule has 1 aliphatic heterocycles. The minimum Gasteiger partial charge on any atom is -0.503 e. The molecule has 0 spiro atoms. The fraction of sp³-hybridized carbons (Fsp3) is 0.238. The van der Waals surface area contributed by atoms with Gasteiger partial charge in [-0.05, 0) is 67.1 Å². The number of ether oxygens (including phenoxy) is 2. The molecule has 1 N–H and O–H groups in total. The molecule has 1 heterocycles. The van der Waals surface area contributed by atoms with Crippen molar-refractivity contribution in [3.05, 3.63) is 57.5 Å². The van der Waals surface area contributed by atoms with Gasteiger partial charge in [-0.3, -0.25) is 14.5 Å². The van der Waals surface area contributed by atoms with E-state index >= 15 is 0 Å². The quantitative estimate of drug-likeness (QED) is 0.628. The molecule has 1 aliphatic rings. The van der Waals surface area contributed by atoms with E-state index in [1.54, 1.807) is 19.1 Å². The van der Waals surface area contributed by atoms with Gasteiger partial charge in [-0.2, -0.15) is 0 Å². The number of rotatable bonds is 7. The number of carbonyl (C=O) groups excluding carboxylic acids is 2. The van der Waals surface area contributed by atoms with Crippen molar-refractivity contribution in [3.63, 3.8) is 0 Å². The van der Waals surface area contributed by atoms with Crippen molar-refractivity contribution in [2.24, 2.45) is 0 Å². The van der Waals surface area contributed by atoms with Gasteiger partial charge in [0.2, 0.25) is 0 Å². The molecule has 0 aromatic heterocycles. The molecule has 3 rings (SSSR count). The van der Waals surface area contributed by atoms with Gasteiger partial charge < -0.3 is 14.6 Å². The highest BCUT2D eigenvalue weighted by Crippen LogP contribution is 2.38. The lowest BCUT2D eigenvalue weighted by Crippen LogP contribution is -2.32. The molecule has 6 nitrogen and oxygen atoms in total. The second-order valence-electron chi connectivity index (χ2n) is 6.28. The molecule has 0 aliphatic carbocycles. The smallest absolute Gasteiger partial charge is 0.293 e. The summed E-state index contributed by atoms with van der Waals surface area (Å²) in [7, 11) is 0. The molecule has 2 aromatic rings. The molecule has 0 atom stereocenters. The lowest BCUT2D eigenvalue weighted by Gasteiger charge is -2.13. The summed E-state index contributed by atoms with van der Waals surface area (Å²) >= 11 is 6.88. The van der Waals surface area contributed by atoms with Crippen LogP contribution in [-0.4, -0.2) is 40.9 Å². The van der Waals surface area contributed by atoms with Crippen LogP contribution in [0.3, 0.4) is 0 Å². The maximum atomic E-state index is 12.6. The van der Waals surface area contributed by atoms with Crippen LogP contribution in [0.1, 0.15) is 18.1 Å². The number of halogens is 1. The monoisotopic (exact) mass is 433 g/mol. The van der Waals surface area contributed by atoms with Gasteiger partial charge >= 0.3 is 0 Å². The molecule has 2 amide bonds. The van der Waals surface area contributed by atoms with Crippen LogP contribution in [0.25, 0.3) is 6.08 Å². The minimum atomic E-state index is -0.394. The Morgan fingerprint density at radius 3 is 2.72 bits per heavy atom. The fourth-order valence-corrected chi connectivity index (χ4v) is 3.83. The topological polar surface area (TPSA) is 76.1 Å². The number of hydrogen-bond acceptors (Lipinski definition) is 6. The van der Waals surface area contributed by atoms with Crippen molar-refractivity contribution in [1.29, 1.82) is 0 Å². The van der Waals surface area contributed by atoms with Gasteiger partial charge in [0, 0.05) is 0 Å². The van der Waals surface area contributed by atoms with Crippen molar-refractivity contribution in [3.8, 4) is 17.2 Å². The van der Waals surface area contributed by atoms with E-state index in [1.165, 1.54) is 6.07 Å². The fourth-order valence-electron chi connectivity index (χ4n) is 2.75. The SMILES string of the molecule is CCOc1cc(/C=C2\SC(=O)N(CCOc3cccc(C)c3)C2=O)cc(Cl)c1O. The average Bonchev–Trinajstić information content (AvgIpc) is 2.93. The van der Waals surface area contributed by atoms with E-state index in [-0.39, 0.29) is 39.8 Å². The van der Waals surface area contributed by atoms with Gasteiger partial charge in [-0.25, -0.2) is 0 Å². The zero-order chi connectivity index (χ0) is 21.0. The number of phenolic OH excluding ortho intramolecular Hbond substituents is 1. The number of aromatic hydroxyl groups is 1. The van der Waals surface area contributed by atoms with Crippen LogP contribution in [0.2, 0.25) is 5.02 Å². The normalized spacial score (nSPS) is 15.3. The predicted octanol–water partition coefficient (Wildman–Crippen LogP) is 4.87. The Bertz CT molecular complexity index is 976. The highest BCUT2D eigenvalue weighted by atomic mass is 35.5. The molecule has 2 aromatic carbocycles. The second kappa shape index (κ2) is 9.24. The summed E-state index contributed by atoms with van der Waals surface area (Å²) in [5, 5.41) is 9.68. The first-order chi connectivity index (χ1) is 13.9. The van der Waals surface area contributed by atoms with E-state index in [4.69, 9.17) is 21.1 Å². The number of hydrogen-bond donors (Lipinski definition) is 1. The third kappa shape index (κ3) is 5.05. The summed E-state index contributed by atoms with van der Waals surface area (Å²) in [4.78, 5) is 26.3. The average molecular weight is 434 g/mol. The van der Waals surface area contributed by atoms with E-state index in [1.807, 2.05) is 31.2 Å². The van der Waals surface area contributed by atoms with Crippen molar-refractivity contribution < 1.29 is 24.2 Å². The summed E-state index contributed by atoms with van der Waals surface area (Å²) in [5.74, 6) is 0.355. The molecule has 29 heavy (non-hydrogen) atoms. The number of benzene rings is 2. The Morgan fingerprint density at radius 2 is 2.00 bits per heavy atom. The molecular weight excluding hydrogens is 414 g/mol. The van der Waals surface area contributed by atoms with Gasteiger partial charge in [-0.1, -0.05) is 23.7 Å². The first-order valence-electron chi connectivity index (χ1n) is 8.99. The van der Waals surface area contributed by atoms with Gasteiger partial charge in [0.25, 0.3) is 11.1 Å². The first kappa shape index (κ1) is 21.1. The summed E-state index contributed by atoms with van der Waals surface area (Å²) in [6.07, 6.45) is 1.56. The van der Waals surface area contributed by atoms with Crippen molar-refractivity contribution >= 4 is 40.6 Å². The Kier molecular flexibility index (Phi) is 6.71. The zero-order valence-corrected chi connectivity index (χ0v) is 17.5.